The number of nitrogens with one attached hydrogen (secondary N) is 1. The number of hydrogen-bond donors (Lipinski definition) is 2. The number of thiazole rings is 1. The zero-order valence-corrected chi connectivity index (χ0v) is 15.5. The molecule has 2 rings (SSSR count). The molecule has 1 heterocycles. The number of aromatic nitrogens is 1. The number of nitrogens with zero attached hydrogens (tertiary/aromatic N) is 1. The molecular weight excluding hydrogens is 385 g/mol. The lowest BCUT2D eigenvalue weighted by Gasteiger charge is -2.23. The molecule has 0 fully saturated rings. The fraction of sp³-hybridized carbons (Fsp3) is 0.412. The maximum Gasteiger partial charge on any atom is 0.443 e. The first kappa shape index (κ1) is 21.1. The Kier molecular flexibility index (Phi) is 6.79. The van der Waals surface area contributed by atoms with Crippen LogP contribution in [0.25, 0.3) is 0 Å². The number of aliphatic hydroxyl groups is 1. The van der Waals surface area contributed by atoms with E-state index in [2.05, 4.69) is 15.0 Å². The van der Waals surface area contributed by atoms with Crippen molar-refractivity contribution in [3.63, 3.8) is 0 Å². The van der Waals surface area contributed by atoms with E-state index in [1.54, 1.807) is 24.3 Å². The molecule has 1 aromatic heterocycles. The largest absolute Gasteiger partial charge is 0.482 e. The summed E-state index contributed by atoms with van der Waals surface area (Å²) in [6, 6.07) is 6.94. The number of alkyl halides is 3. The van der Waals surface area contributed by atoms with Crippen LogP contribution in [-0.4, -0.2) is 36.3 Å². The van der Waals surface area contributed by atoms with E-state index in [0.717, 1.165) is 5.56 Å². The highest BCUT2D eigenvalue weighted by Gasteiger charge is 2.37. The fourth-order valence-corrected chi connectivity index (χ4v) is 2.91. The number of esters is 1. The molecule has 0 radical (unpaired) electrons. The molecule has 6 nitrogen and oxygen atoms in total. The Morgan fingerprint density at radius 3 is 2.52 bits per heavy atom. The first-order valence-electron chi connectivity index (χ1n) is 7.91. The lowest BCUT2D eigenvalue weighted by atomic mass is 10.1. The van der Waals surface area contributed by atoms with E-state index in [1.807, 2.05) is 0 Å². The molecule has 0 saturated heterocycles. The maximum absolute atomic E-state index is 12.6. The highest BCUT2D eigenvalue weighted by Crippen LogP contribution is 2.33. The van der Waals surface area contributed by atoms with Crippen molar-refractivity contribution in [3.05, 3.63) is 45.9 Å². The topological polar surface area (TPSA) is 80.7 Å². The standard InChI is InChI=1S/C17H19F3N2O4S/c1-16(24,13-10-27-15(22-13)17(18,19)20)21-8-7-11-3-5-12(6-4-11)26-9-14(23)25-2/h3-6,10,21,24H,7-9H2,1-2H3. The smallest absolute Gasteiger partial charge is 0.443 e. The van der Waals surface area contributed by atoms with Crippen LogP contribution in [-0.2, 0) is 27.9 Å². The quantitative estimate of drug-likeness (QED) is 0.520. The number of benzene rings is 1. The van der Waals surface area contributed by atoms with Crippen LogP contribution in [0.3, 0.4) is 0 Å². The van der Waals surface area contributed by atoms with Crippen LogP contribution in [0.15, 0.2) is 29.6 Å². The second kappa shape index (κ2) is 8.68. The second-order valence-corrected chi connectivity index (χ2v) is 6.65. The van der Waals surface area contributed by atoms with E-state index in [9.17, 15) is 23.1 Å². The van der Waals surface area contributed by atoms with Gasteiger partial charge in [0, 0.05) is 11.9 Å². The van der Waals surface area contributed by atoms with Gasteiger partial charge in [-0.2, -0.15) is 13.2 Å². The minimum atomic E-state index is -4.53. The Bertz CT molecular complexity index is 760. The van der Waals surface area contributed by atoms with Crippen molar-refractivity contribution in [3.8, 4) is 5.75 Å². The van der Waals surface area contributed by atoms with Crippen molar-refractivity contribution in [2.75, 3.05) is 20.3 Å². The number of carbonyl (C=O) groups excluding carboxylic acids is 1. The van der Waals surface area contributed by atoms with Crippen molar-refractivity contribution in [2.24, 2.45) is 0 Å². The van der Waals surface area contributed by atoms with Gasteiger partial charge in [0.25, 0.3) is 0 Å². The third-order valence-electron chi connectivity index (χ3n) is 3.64. The van der Waals surface area contributed by atoms with Crippen LogP contribution in [0.2, 0.25) is 0 Å². The number of ether oxygens (including phenoxy) is 2. The van der Waals surface area contributed by atoms with Crippen molar-refractivity contribution >= 4 is 17.3 Å². The third kappa shape index (κ3) is 6.19. The van der Waals surface area contributed by atoms with Crippen LogP contribution in [0.5, 0.6) is 5.75 Å². The zero-order valence-electron chi connectivity index (χ0n) is 14.7. The number of halogens is 3. The van der Waals surface area contributed by atoms with Gasteiger partial charge in [-0.3, -0.25) is 5.32 Å². The Morgan fingerprint density at radius 1 is 1.30 bits per heavy atom. The molecular formula is C17H19F3N2O4S. The Morgan fingerprint density at radius 2 is 1.96 bits per heavy atom. The van der Waals surface area contributed by atoms with E-state index >= 15 is 0 Å². The molecule has 0 aliphatic carbocycles. The predicted octanol–water partition coefficient (Wildman–Crippen LogP) is 2.71. The lowest BCUT2D eigenvalue weighted by molar-refractivity contribution is -0.143. The average molecular weight is 404 g/mol. The predicted molar refractivity (Wildman–Crippen MR) is 92.3 cm³/mol. The van der Waals surface area contributed by atoms with E-state index in [1.165, 1.54) is 19.4 Å². The normalized spacial score (nSPS) is 13.9. The number of carbonyl (C=O) groups is 1. The van der Waals surface area contributed by atoms with E-state index in [-0.39, 0.29) is 12.3 Å². The van der Waals surface area contributed by atoms with E-state index in [0.29, 0.717) is 30.1 Å². The summed E-state index contributed by atoms with van der Waals surface area (Å²) in [7, 11) is 1.27. The van der Waals surface area contributed by atoms with Gasteiger partial charge < -0.3 is 14.6 Å². The average Bonchev–Trinajstić information content (AvgIpc) is 3.12. The number of hydrogen-bond acceptors (Lipinski definition) is 7. The van der Waals surface area contributed by atoms with Gasteiger partial charge in [0.1, 0.15) is 5.75 Å². The molecule has 27 heavy (non-hydrogen) atoms. The van der Waals surface area contributed by atoms with Crippen molar-refractivity contribution in [1.29, 1.82) is 0 Å². The summed E-state index contributed by atoms with van der Waals surface area (Å²) in [5.41, 5.74) is -0.840. The first-order chi connectivity index (χ1) is 12.6. The van der Waals surface area contributed by atoms with Crippen molar-refractivity contribution in [1.82, 2.24) is 10.3 Å². The Balaban J connectivity index is 1.86. The van der Waals surface area contributed by atoms with Crippen LogP contribution in [0.4, 0.5) is 13.2 Å². The minimum Gasteiger partial charge on any atom is -0.482 e. The fourth-order valence-electron chi connectivity index (χ4n) is 2.12. The highest BCUT2D eigenvalue weighted by molar-refractivity contribution is 7.09. The SMILES string of the molecule is COC(=O)COc1ccc(CCNC(C)(O)c2csc(C(F)(F)F)n2)cc1. The van der Waals surface area contributed by atoms with Crippen LogP contribution < -0.4 is 10.1 Å². The molecule has 148 valence electrons. The van der Waals surface area contributed by atoms with Gasteiger partial charge in [-0.1, -0.05) is 12.1 Å². The highest BCUT2D eigenvalue weighted by atomic mass is 32.1. The van der Waals surface area contributed by atoms with Crippen LogP contribution in [0, 0.1) is 0 Å². The van der Waals surface area contributed by atoms with Gasteiger partial charge in [0.2, 0.25) is 0 Å². The molecule has 0 spiro atoms. The molecule has 0 saturated carbocycles. The van der Waals surface area contributed by atoms with Crippen LogP contribution >= 0.6 is 11.3 Å². The van der Waals surface area contributed by atoms with Gasteiger partial charge in [-0.15, -0.1) is 11.3 Å². The molecule has 2 N–H and O–H groups in total. The molecule has 0 bridgehead atoms. The molecule has 0 aliphatic rings. The summed E-state index contributed by atoms with van der Waals surface area (Å²) in [6.45, 7) is 1.48. The summed E-state index contributed by atoms with van der Waals surface area (Å²) in [4.78, 5) is 14.5. The molecule has 10 heteroatoms. The summed E-state index contributed by atoms with van der Waals surface area (Å²) >= 11 is 0.440. The number of methoxy groups -OCH3 is 1. The third-order valence-corrected chi connectivity index (χ3v) is 4.52. The van der Waals surface area contributed by atoms with Gasteiger partial charge in [-0.25, -0.2) is 9.78 Å². The summed E-state index contributed by atoms with van der Waals surface area (Å²) in [6.07, 6.45) is -4.01. The summed E-state index contributed by atoms with van der Waals surface area (Å²) in [5.74, 6) is 0.0208. The molecule has 0 aliphatic heterocycles. The number of rotatable bonds is 8. The first-order valence-corrected chi connectivity index (χ1v) is 8.79. The summed E-state index contributed by atoms with van der Waals surface area (Å²) in [5, 5.41) is 13.3. The van der Waals surface area contributed by atoms with E-state index < -0.39 is 22.9 Å². The monoisotopic (exact) mass is 404 g/mol. The molecule has 1 atom stereocenters. The maximum atomic E-state index is 12.6. The Hall–Kier alpha value is -2.17. The summed E-state index contributed by atoms with van der Waals surface area (Å²) < 4.78 is 47.6. The van der Waals surface area contributed by atoms with Crippen molar-refractivity contribution < 1.29 is 32.5 Å². The molecule has 1 aromatic carbocycles. The molecule has 0 amide bonds. The molecule has 1 unspecified atom stereocenters. The second-order valence-electron chi connectivity index (χ2n) is 5.79. The lowest BCUT2D eigenvalue weighted by Crippen LogP contribution is -2.40. The molecule has 2 aromatic rings. The van der Waals surface area contributed by atoms with Crippen molar-refractivity contribution in [2.45, 2.75) is 25.2 Å². The van der Waals surface area contributed by atoms with E-state index in [4.69, 9.17) is 4.74 Å². The van der Waals surface area contributed by atoms with Crippen LogP contribution in [0.1, 0.15) is 23.2 Å². The zero-order chi connectivity index (χ0) is 20.1. The van der Waals surface area contributed by atoms with Gasteiger partial charge in [-0.05, 0) is 31.0 Å². The minimum absolute atomic E-state index is 0.0774. The van der Waals surface area contributed by atoms with Gasteiger partial charge in [0.05, 0.1) is 12.8 Å². The van der Waals surface area contributed by atoms with Gasteiger partial charge in [0.15, 0.2) is 17.3 Å². The van der Waals surface area contributed by atoms with Gasteiger partial charge >= 0.3 is 12.1 Å². The Labute approximate surface area is 157 Å².